The number of rotatable bonds is 6. The van der Waals surface area contributed by atoms with Crippen LogP contribution >= 0.6 is 11.8 Å². The SMILES string of the molecule is CCNC(=O)CSc1nc2ccccc2c(=O)n1-c1ccc(CC)cc1. The fourth-order valence-corrected chi connectivity index (χ4v) is 3.54. The molecule has 0 atom stereocenters. The third-order valence-electron chi connectivity index (χ3n) is 4.05. The van der Waals surface area contributed by atoms with Crippen molar-refractivity contribution in [2.75, 3.05) is 12.3 Å². The first-order valence-electron chi connectivity index (χ1n) is 8.64. The second-order valence-electron chi connectivity index (χ2n) is 5.81. The van der Waals surface area contributed by atoms with Crippen LogP contribution in [0.5, 0.6) is 0 Å². The summed E-state index contributed by atoms with van der Waals surface area (Å²) in [7, 11) is 0. The number of amides is 1. The van der Waals surface area contributed by atoms with E-state index in [9.17, 15) is 9.59 Å². The second-order valence-corrected chi connectivity index (χ2v) is 6.76. The van der Waals surface area contributed by atoms with Crippen LogP contribution in [0.1, 0.15) is 19.4 Å². The Morgan fingerprint density at radius 2 is 1.85 bits per heavy atom. The molecule has 0 spiro atoms. The molecule has 6 heteroatoms. The summed E-state index contributed by atoms with van der Waals surface area (Å²) in [6, 6.07) is 15.1. The van der Waals surface area contributed by atoms with Gasteiger partial charge in [-0.25, -0.2) is 4.98 Å². The van der Waals surface area contributed by atoms with Crippen molar-refractivity contribution in [1.82, 2.24) is 14.9 Å². The zero-order valence-corrected chi connectivity index (χ0v) is 15.7. The first-order chi connectivity index (χ1) is 12.6. The predicted molar refractivity (Wildman–Crippen MR) is 106 cm³/mol. The van der Waals surface area contributed by atoms with Crippen molar-refractivity contribution >= 4 is 28.6 Å². The first-order valence-corrected chi connectivity index (χ1v) is 9.63. The standard InChI is InChI=1S/C20H21N3O2S/c1-3-14-9-11-15(12-10-14)23-19(25)16-7-5-6-8-17(16)22-20(23)26-13-18(24)21-4-2/h5-12H,3-4,13H2,1-2H3,(H,21,24). The summed E-state index contributed by atoms with van der Waals surface area (Å²) in [4.78, 5) is 29.6. The lowest BCUT2D eigenvalue weighted by Gasteiger charge is -2.13. The van der Waals surface area contributed by atoms with E-state index in [0.717, 1.165) is 12.1 Å². The van der Waals surface area contributed by atoms with Crippen LogP contribution in [0.4, 0.5) is 0 Å². The number of para-hydroxylation sites is 1. The van der Waals surface area contributed by atoms with Gasteiger partial charge in [0.15, 0.2) is 5.16 Å². The molecule has 0 aliphatic carbocycles. The van der Waals surface area contributed by atoms with Gasteiger partial charge in [0, 0.05) is 6.54 Å². The molecule has 0 aliphatic rings. The number of nitrogens with zero attached hydrogens (tertiary/aromatic N) is 2. The zero-order valence-electron chi connectivity index (χ0n) is 14.9. The van der Waals surface area contributed by atoms with E-state index in [0.29, 0.717) is 22.6 Å². The molecule has 2 aromatic carbocycles. The van der Waals surface area contributed by atoms with Crippen molar-refractivity contribution < 1.29 is 4.79 Å². The number of aryl methyl sites for hydroxylation is 1. The average Bonchev–Trinajstić information content (AvgIpc) is 2.67. The highest BCUT2D eigenvalue weighted by Crippen LogP contribution is 2.21. The van der Waals surface area contributed by atoms with Gasteiger partial charge in [-0.1, -0.05) is 43.0 Å². The van der Waals surface area contributed by atoms with Crippen LogP contribution in [0.2, 0.25) is 0 Å². The van der Waals surface area contributed by atoms with Crippen molar-refractivity contribution in [3.05, 3.63) is 64.4 Å². The molecule has 5 nitrogen and oxygen atoms in total. The summed E-state index contributed by atoms with van der Waals surface area (Å²) in [5.74, 6) is 0.138. The fourth-order valence-electron chi connectivity index (χ4n) is 2.70. The first kappa shape index (κ1) is 18.2. The largest absolute Gasteiger partial charge is 0.356 e. The lowest BCUT2D eigenvalue weighted by molar-refractivity contribution is -0.118. The number of hydrogen-bond acceptors (Lipinski definition) is 4. The summed E-state index contributed by atoms with van der Waals surface area (Å²) in [5, 5.41) is 3.85. The molecule has 3 aromatic rings. The highest BCUT2D eigenvalue weighted by molar-refractivity contribution is 7.99. The zero-order chi connectivity index (χ0) is 18.5. The number of carbonyl (C=O) groups is 1. The Bertz CT molecular complexity index is 981. The van der Waals surface area contributed by atoms with Gasteiger partial charge < -0.3 is 5.32 Å². The summed E-state index contributed by atoms with van der Waals surface area (Å²) in [6.45, 7) is 4.55. The molecule has 134 valence electrons. The highest BCUT2D eigenvalue weighted by atomic mass is 32.2. The Morgan fingerprint density at radius 3 is 2.54 bits per heavy atom. The minimum Gasteiger partial charge on any atom is -0.356 e. The van der Waals surface area contributed by atoms with E-state index >= 15 is 0 Å². The van der Waals surface area contributed by atoms with E-state index in [1.54, 1.807) is 10.6 Å². The number of aromatic nitrogens is 2. The molecule has 0 aliphatic heterocycles. The number of thioether (sulfide) groups is 1. The molecule has 0 saturated heterocycles. The van der Waals surface area contributed by atoms with Crippen LogP contribution in [0.15, 0.2) is 58.5 Å². The Kier molecular flexibility index (Phi) is 5.73. The number of fused-ring (bicyclic) bond motifs is 1. The number of hydrogen-bond donors (Lipinski definition) is 1. The maximum Gasteiger partial charge on any atom is 0.266 e. The van der Waals surface area contributed by atoms with Crippen molar-refractivity contribution in [3.63, 3.8) is 0 Å². The van der Waals surface area contributed by atoms with Crippen LogP contribution in [-0.2, 0) is 11.2 Å². The number of benzene rings is 2. The topological polar surface area (TPSA) is 64.0 Å². The van der Waals surface area contributed by atoms with Gasteiger partial charge in [-0.05, 0) is 43.2 Å². The molecule has 0 bridgehead atoms. The Balaban J connectivity index is 2.10. The van der Waals surface area contributed by atoms with E-state index in [4.69, 9.17) is 0 Å². The molecular formula is C20H21N3O2S. The van der Waals surface area contributed by atoms with E-state index in [-0.39, 0.29) is 17.2 Å². The van der Waals surface area contributed by atoms with Crippen LogP contribution < -0.4 is 10.9 Å². The Hall–Kier alpha value is -2.60. The Labute approximate surface area is 156 Å². The number of nitrogens with one attached hydrogen (secondary N) is 1. The van der Waals surface area contributed by atoms with Crippen LogP contribution in [0.25, 0.3) is 16.6 Å². The molecule has 1 amide bonds. The molecular weight excluding hydrogens is 346 g/mol. The van der Waals surface area contributed by atoms with Crippen LogP contribution in [0, 0.1) is 0 Å². The minimum absolute atomic E-state index is 0.0761. The van der Waals surface area contributed by atoms with E-state index in [1.807, 2.05) is 49.4 Å². The van der Waals surface area contributed by atoms with Gasteiger partial charge in [0.05, 0.1) is 22.3 Å². The van der Waals surface area contributed by atoms with Gasteiger partial charge in [-0.3, -0.25) is 14.2 Å². The maximum absolute atomic E-state index is 13.1. The van der Waals surface area contributed by atoms with Gasteiger partial charge >= 0.3 is 0 Å². The molecule has 1 aromatic heterocycles. The molecule has 0 saturated carbocycles. The summed E-state index contributed by atoms with van der Waals surface area (Å²) >= 11 is 1.27. The van der Waals surface area contributed by atoms with Crippen LogP contribution in [0.3, 0.4) is 0 Å². The third kappa shape index (κ3) is 3.80. The molecule has 0 unspecified atom stereocenters. The van der Waals surface area contributed by atoms with Gasteiger partial charge in [-0.2, -0.15) is 0 Å². The number of carbonyl (C=O) groups excluding carboxylic acids is 1. The van der Waals surface area contributed by atoms with Crippen LogP contribution in [-0.4, -0.2) is 27.8 Å². The van der Waals surface area contributed by atoms with Crippen molar-refractivity contribution in [2.45, 2.75) is 25.4 Å². The third-order valence-corrected chi connectivity index (χ3v) is 4.99. The molecule has 1 N–H and O–H groups in total. The maximum atomic E-state index is 13.1. The monoisotopic (exact) mass is 367 g/mol. The average molecular weight is 367 g/mol. The predicted octanol–water partition coefficient (Wildman–Crippen LogP) is 3.18. The molecule has 26 heavy (non-hydrogen) atoms. The quantitative estimate of drug-likeness (QED) is 0.537. The molecule has 0 radical (unpaired) electrons. The lowest BCUT2D eigenvalue weighted by atomic mass is 10.1. The molecule has 0 fully saturated rings. The van der Waals surface area contributed by atoms with Gasteiger partial charge in [0.1, 0.15) is 0 Å². The summed E-state index contributed by atoms with van der Waals surface area (Å²) in [6.07, 6.45) is 0.934. The van der Waals surface area contributed by atoms with Gasteiger partial charge in [-0.15, -0.1) is 0 Å². The van der Waals surface area contributed by atoms with E-state index in [2.05, 4.69) is 17.2 Å². The Morgan fingerprint density at radius 1 is 1.12 bits per heavy atom. The van der Waals surface area contributed by atoms with E-state index in [1.165, 1.54) is 17.3 Å². The smallest absolute Gasteiger partial charge is 0.266 e. The van der Waals surface area contributed by atoms with E-state index < -0.39 is 0 Å². The highest BCUT2D eigenvalue weighted by Gasteiger charge is 2.14. The summed E-state index contributed by atoms with van der Waals surface area (Å²) < 4.78 is 1.59. The van der Waals surface area contributed by atoms with Crippen molar-refractivity contribution in [1.29, 1.82) is 0 Å². The minimum atomic E-state index is -0.127. The molecule has 3 rings (SSSR count). The van der Waals surface area contributed by atoms with Crippen molar-refractivity contribution in [2.24, 2.45) is 0 Å². The van der Waals surface area contributed by atoms with Gasteiger partial charge in [0.25, 0.3) is 5.56 Å². The fraction of sp³-hybridized carbons (Fsp3) is 0.250. The molecule has 1 heterocycles. The second kappa shape index (κ2) is 8.19. The van der Waals surface area contributed by atoms with Crippen molar-refractivity contribution in [3.8, 4) is 5.69 Å². The summed E-state index contributed by atoms with van der Waals surface area (Å²) in [5.41, 5.74) is 2.46. The lowest BCUT2D eigenvalue weighted by Crippen LogP contribution is -2.26. The normalized spacial score (nSPS) is 10.8. The van der Waals surface area contributed by atoms with Gasteiger partial charge in [0.2, 0.25) is 5.91 Å².